The first-order valence-electron chi connectivity index (χ1n) is 8.20. The van der Waals surface area contributed by atoms with Crippen LogP contribution in [-0.2, 0) is 20.9 Å². The molecule has 3 rings (SSSR count). The highest BCUT2D eigenvalue weighted by molar-refractivity contribution is 5.83. The Balaban J connectivity index is 1.59. The maximum atomic E-state index is 12.6. The Bertz CT molecular complexity index is 588. The molecule has 0 spiro atoms. The van der Waals surface area contributed by atoms with Crippen molar-refractivity contribution in [3.8, 4) is 0 Å². The van der Waals surface area contributed by atoms with E-state index in [0.29, 0.717) is 26.1 Å². The zero-order chi connectivity index (χ0) is 16.4. The van der Waals surface area contributed by atoms with Gasteiger partial charge < -0.3 is 14.7 Å². The minimum Gasteiger partial charge on any atom is -0.481 e. The van der Waals surface area contributed by atoms with E-state index in [1.165, 1.54) is 0 Å². The Hall–Kier alpha value is -1.88. The lowest BCUT2D eigenvalue weighted by molar-refractivity contribution is -0.150. The Morgan fingerprint density at radius 2 is 2.13 bits per heavy atom. The number of carbonyl (C=O) groups is 2. The predicted octanol–water partition coefficient (Wildman–Crippen LogP) is 2.31. The summed E-state index contributed by atoms with van der Waals surface area (Å²) in [4.78, 5) is 25.9. The normalized spacial score (nSPS) is 27.7. The monoisotopic (exact) mass is 317 g/mol. The fourth-order valence-corrected chi connectivity index (χ4v) is 3.93. The van der Waals surface area contributed by atoms with Gasteiger partial charge in [-0.3, -0.25) is 9.59 Å². The molecule has 3 atom stereocenters. The van der Waals surface area contributed by atoms with Crippen molar-refractivity contribution >= 4 is 11.9 Å². The Morgan fingerprint density at radius 3 is 2.78 bits per heavy atom. The number of amides is 1. The summed E-state index contributed by atoms with van der Waals surface area (Å²) in [5.74, 6) is -0.769. The molecule has 2 aliphatic rings. The molecule has 0 bridgehead atoms. The third-order valence-corrected chi connectivity index (χ3v) is 5.30. The fraction of sp³-hybridized carbons (Fsp3) is 0.556. The highest BCUT2D eigenvalue weighted by Gasteiger charge is 2.56. The number of hydrogen-bond donors (Lipinski definition) is 1. The topological polar surface area (TPSA) is 66.8 Å². The van der Waals surface area contributed by atoms with E-state index in [4.69, 9.17) is 4.74 Å². The number of carboxylic acids is 1. The van der Waals surface area contributed by atoms with E-state index in [-0.39, 0.29) is 11.8 Å². The molecule has 1 N–H and O–H groups in total. The van der Waals surface area contributed by atoms with Crippen LogP contribution in [0.15, 0.2) is 30.3 Å². The first kappa shape index (κ1) is 16.0. The summed E-state index contributed by atoms with van der Waals surface area (Å²) in [5.41, 5.74) is 0.293. The second kappa shape index (κ2) is 6.32. The Kier molecular flexibility index (Phi) is 4.39. The van der Waals surface area contributed by atoms with E-state index in [9.17, 15) is 14.7 Å². The number of nitrogens with zero attached hydrogens (tertiary/aromatic N) is 1. The zero-order valence-corrected chi connectivity index (χ0v) is 13.4. The van der Waals surface area contributed by atoms with Gasteiger partial charge in [-0.1, -0.05) is 36.8 Å². The van der Waals surface area contributed by atoms with E-state index in [1.54, 1.807) is 11.8 Å². The van der Waals surface area contributed by atoms with Crippen LogP contribution < -0.4 is 0 Å². The quantitative estimate of drug-likeness (QED) is 0.905. The van der Waals surface area contributed by atoms with Crippen LogP contribution in [0.4, 0.5) is 0 Å². The molecule has 124 valence electrons. The van der Waals surface area contributed by atoms with E-state index < -0.39 is 17.5 Å². The molecule has 5 nitrogen and oxygen atoms in total. The first-order valence-corrected chi connectivity index (χ1v) is 8.20. The van der Waals surface area contributed by atoms with Crippen molar-refractivity contribution in [2.75, 3.05) is 13.1 Å². The van der Waals surface area contributed by atoms with E-state index >= 15 is 0 Å². The van der Waals surface area contributed by atoms with Gasteiger partial charge in [0.05, 0.1) is 12.0 Å². The molecule has 2 fully saturated rings. The van der Waals surface area contributed by atoms with Crippen molar-refractivity contribution in [1.82, 2.24) is 4.90 Å². The van der Waals surface area contributed by atoms with E-state index in [1.807, 2.05) is 30.3 Å². The highest BCUT2D eigenvalue weighted by Crippen LogP contribution is 2.49. The van der Waals surface area contributed by atoms with Gasteiger partial charge in [-0.25, -0.2) is 0 Å². The van der Waals surface area contributed by atoms with Crippen LogP contribution in [0.25, 0.3) is 0 Å². The van der Waals surface area contributed by atoms with Crippen LogP contribution >= 0.6 is 0 Å². The SMILES string of the molecule is CC(OCc1ccccc1)C(=O)N1C[C@@H]2CCC[C@@]2(C(=O)O)C1. The van der Waals surface area contributed by atoms with Gasteiger partial charge in [-0.05, 0) is 31.2 Å². The molecule has 23 heavy (non-hydrogen) atoms. The van der Waals surface area contributed by atoms with Crippen LogP contribution in [0, 0.1) is 11.3 Å². The van der Waals surface area contributed by atoms with Crippen LogP contribution in [0.3, 0.4) is 0 Å². The summed E-state index contributed by atoms with van der Waals surface area (Å²) >= 11 is 0. The number of carbonyl (C=O) groups excluding carboxylic acids is 1. The van der Waals surface area contributed by atoms with Gasteiger partial charge in [-0.15, -0.1) is 0 Å². The van der Waals surface area contributed by atoms with Crippen LogP contribution in [0.2, 0.25) is 0 Å². The maximum Gasteiger partial charge on any atom is 0.311 e. The number of carboxylic acid groups (broad SMARTS) is 1. The number of ether oxygens (including phenoxy) is 1. The van der Waals surface area contributed by atoms with Crippen molar-refractivity contribution in [3.63, 3.8) is 0 Å². The Labute approximate surface area is 136 Å². The number of benzene rings is 1. The second-order valence-corrected chi connectivity index (χ2v) is 6.71. The van der Waals surface area contributed by atoms with Gasteiger partial charge in [0.15, 0.2) is 0 Å². The summed E-state index contributed by atoms with van der Waals surface area (Å²) in [6.45, 7) is 3.00. The second-order valence-electron chi connectivity index (χ2n) is 6.71. The average Bonchev–Trinajstić information content (AvgIpc) is 3.11. The number of aliphatic carboxylic acids is 1. The first-order chi connectivity index (χ1) is 11.0. The van der Waals surface area contributed by atoms with Crippen molar-refractivity contribution < 1.29 is 19.4 Å². The molecule has 1 aliphatic carbocycles. The minimum atomic E-state index is -0.756. The third kappa shape index (κ3) is 2.98. The summed E-state index contributed by atoms with van der Waals surface area (Å²) in [7, 11) is 0. The smallest absolute Gasteiger partial charge is 0.311 e. The lowest BCUT2D eigenvalue weighted by Gasteiger charge is -2.25. The number of rotatable bonds is 5. The lowest BCUT2D eigenvalue weighted by Crippen LogP contribution is -2.41. The van der Waals surface area contributed by atoms with Crippen molar-refractivity contribution in [2.45, 2.75) is 38.9 Å². The zero-order valence-electron chi connectivity index (χ0n) is 13.4. The molecule has 0 radical (unpaired) electrons. The maximum absolute atomic E-state index is 12.6. The summed E-state index contributed by atoms with van der Waals surface area (Å²) < 4.78 is 5.68. The summed E-state index contributed by atoms with van der Waals surface area (Å²) in [6, 6.07) is 9.72. The summed E-state index contributed by atoms with van der Waals surface area (Å²) in [5, 5.41) is 9.60. The molecule has 1 heterocycles. The Morgan fingerprint density at radius 1 is 1.39 bits per heavy atom. The van der Waals surface area contributed by atoms with Crippen molar-refractivity contribution in [1.29, 1.82) is 0 Å². The van der Waals surface area contributed by atoms with Gasteiger partial charge in [0.1, 0.15) is 6.10 Å². The van der Waals surface area contributed by atoms with E-state index in [2.05, 4.69) is 0 Å². The number of fused-ring (bicyclic) bond motifs is 1. The molecular weight excluding hydrogens is 294 g/mol. The average molecular weight is 317 g/mol. The van der Waals surface area contributed by atoms with E-state index in [0.717, 1.165) is 18.4 Å². The van der Waals surface area contributed by atoms with Gasteiger partial charge >= 0.3 is 5.97 Å². The molecule has 5 heteroatoms. The molecule has 1 unspecified atom stereocenters. The lowest BCUT2D eigenvalue weighted by atomic mass is 9.81. The largest absolute Gasteiger partial charge is 0.481 e. The number of hydrogen-bond acceptors (Lipinski definition) is 3. The van der Waals surface area contributed by atoms with Gasteiger partial charge in [-0.2, -0.15) is 0 Å². The fourth-order valence-electron chi connectivity index (χ4n) is 3.93. The predicted molar refractivity (Wildman–Crippen MR) is 84.7 cm³/mol. The molecule has 1 saturated heterocycles. The van der Waals surface area contributed by atoms with Crippen molar-refractivity contribution in [3.05, 3.63) is 35.9 Å². The molecule has 1 amide bonds. The van der Waals surface area contributed by atoms with Crippen LogP contribution in [0.1, 0.15) is 31.7 Å². The highest BCUT2D eigenvalue weighted by atomic mass is 16.5. The summed E-state index contributed by atoms with van der Waals surface area (Å²) in [6.07, 6.45) is 1.96. The molecule has 1 aromatic rings. The van der Waals surface area contributed by atoms with Gasteiger partial charge in [0, 0.05) is 13.1 Å². The van der Waals surface area contributed by atoms with Gasteiger partial charge in [0.25, 0.3) is 5.91 Å². The standard InChI is InChI=1S/C18H23NO4/c1-13(23-11-14-6-3-2-4-7-14)16(20)19-10-15-8-5-9-18(15,12-19)17(21)22/h2-4,6-7,13,15H,5,8-12H2,1H3,(H,21,22)/t13?,15-,18+/m0/s1. The molecule has 1 saturated carbocycles. The third-order valence-electron chi connectivity index (χ3n) is 5.30. The van der Waals surface area contributed by atoms with Crippen LogP contribution in [0.5, 0.6) is 0 Å². The van der Waals surface area contributed by atoms with Gasteiger partial charge in [0.2, 0.25) is 0 Å². The van der Waals surface area contributed by atoms with Crippen molar-refractivity contribution in [2.24, 2.45) is 11.3 Å². The molecule has 1 aliphatic heterocycles. The van der Waals surface area contributed by atoms with Crippen LogP contribution in [-0.4, -0.2) is 41.1 Å². The minimum absolute atomic E-state index is 0.0882. The molecular formula is C18H23NO4. The molecule has 1 aromatic carbocycles. The molecule has 0 aromatic heterocycles. The number of likely N-dealkylation sites (tertiary alicyclic amines) is 1.